The molecule has 0 saturated carbocycles. The molecule has 94 valence electrons. The Morgan fingerprint density at radius 2 is 1.94 bits per heavy atom. The standard InChI is InChI=1S/C14H15BrN2O/c1-10(16)14(11-3-2-8-17-9-11)18-13-6-4-12(15)5-7-13/h2-10,14H,16H2,1H3. The lowest BCUT2D eigenvalue weighted by Crippen LogP contribution is -2.29. The van der Waals surface area contributed by atoms with Crippen molar-refractivity contribution < 1.29 is 4.74 Å². The van der Waals surface area contributed by atoms with Crippen LogP contribution in [0.15, 0.2) is 53.3 Å². The molecule has 3 nitrogen and oxygen atoms in total. The first-order chi connectivity index (χ1) is 8.66. The molecule has 1 heterocycles. The molecule has 1 aromatic heterocycles. The summed E-state index contributed by atoms with van der Waals surface area (Å²) in [5, 5.41) is 0. The van der Waals surface area contributed by atoms with Crippen molar-refractivity contribution in [1.29, 1.82) is 0 Å². The highest BCUT2D eigenvalue weighted by Crippen LogP contribution is 2.24. The number of pyridine rings is 1. The van der Waals surface area contributed by atoms with E-state index in [0.717, 1.165) is 15.8 Å². The van der Waals surface area contributed by atoms with Crippen LogP contribution in [0.1, 0.15) is 18.6 Å². The molecule has 2 rings (SSSR count). The van der Waals surface area contributed by atoms with Crippen LogP contribution in [0.25, 0.3) is 0 Å². The minimum Gasteiger partial charge on any atom is -0.484 e. The van der Waals surface area contributed by atoms with Crippen molar-refractivity contribution >= 4 is 15.9 Å². The second-order valence-electron chi connectivity index (χ2n) is 4.14. The van der Waals surface area contributed by atoms with Crippen molar-refractivity contribution in [1.82, 2.24) is 4.98 Å². The summed E-state index contributed by atoms with van der Waals surface area (Å²) < 4.78 is 6.95. The molecule has 2 unspecified atom stereocenters. The van der Waals surface area contributed by atoms with Gasteiger partial charge in [-0.25, -0.2) is 0 Å². The minimum absolute atomic E-state index is 0.113. The summed E-state index contributed by atoms with van der Waals surface area (Å²) in [5.41, 5.74) is 6.97. The largest absolute Gasteiger partial charge is 0.484 e. The number of aromatic nitrogens is 1. The molecule has 0 aliphatic rings. The van der Waals surface area contributed by atoms with Crippen molar-refractivity contribution in [2.45, 2.75) is 19.1 Å². The average Bonchev–Trinajstić information content (AvgIpc) is 2.38. The van der Waals surface area contributed by atoms with Gasteiger partial charge in [0, 0.05) is 28.5 Å². The van der Waals surface area contributed by atoms with E-state index >= 15 is 0 Å². The zero-order chi connectivity index (χ0) is 13.0. The fraction of sp³-hybridized carbons (Fsp3) is 0.214. The van der Waals surface area contributed by atoms with Gasteiger partial charge in [-0.1, -0.05) is 22.0 Å². The smallest absolute Gasteiger partial charge is 0.140 e. The van der Waals surface area contributed by atoms with E-state index in [0.29, 0.717) is 0 Å². The van der Waals surface area contributed by atoms with Crippen LogP contribution in [0, 0.1) is 0 Å². The molecule has 18 heavy (non-hydrogen) atoms. The van der Waals surface area contributed by atoms with E-state index < -0.39 is 0 Å². The van der Waals surface area contributed by atoms with Crippen molar-refractivity contribution in [3.05, 3.63) is 58.8 Å². The fourth-order valence-electron chi connectivity index (χ4n) is 1.68. The Kier molecular flexibility index (Phi) is 4.33. The lowest BCUT2D eigenvalue weighted by atomic mass is 10.1. The third kappa shape index (κ3) is 3.31. The topological polar surface area (TPSA) is 48.1 Å². The SMILES string of the molecule is CC(N)C(Oc1ccc(Br)cc1)c1cccnc1. The van der Waals surface area contributed by atoms with Crippen LogP contribution in [0.5, 0.6) is 5.75 Å². The van der Waals surface area contributed by atoms with Gasteiger partial charge in [0.15, 0.2) is 0 Å². The molecule has 4 heteroatoms. The molecule has 0 bridgehead atoms. The second-order valence-corrected chi connectivity index (χ2v) is 5.05. The molecule has 2 atom stereocenters. The zero-order valence-electron chi connectivity index (χ0n) is 10.1. The maximum absolute atomic E-state index is 5.98. The summed E-state index contributed by atoms with van der Waals surface area (Å²) in [6, 6.07) is 11.5. The Hall–Kier alpha value is -1.39. The van der Waals surface area contributed by atoms with Crippen LogP contribution in [-0.2, 0) is 0 Å². The first kappa shape index (κ1) is 13.1. The summed E-state index contributed by atoms with van der Waals surface area (Å²) in [7, 11) is 0. The van der Waals surface area contributed by atoms with Crippen LogP contribution in [-0.4, -0.2) is 11.0 Å². The van der Waals surface area contributed by atoms with E-state index in [2.05, 4.69) is 20.9 Å². The van der Waals surface area contributed by atoms with Crippen molar-refractivity contribution in [2.75, 3.05) is 0 Å². The fourth-order valence-corrected chi connectivity index (χ4v) is 1.95. The van der Waals surface area contributed by atoms with Gasteiger partial charge in [0.2, 0.25) is 0 Å². The molecule has 0 fully saturated rings. The van der Waals surface area contributed by atoms with E-state index in [9.17, 15) is 0 Å². The van der Waals surface area contributed by atoms with E-state index in [4.69, 9.17) is 10.5 Å². The normalized spacial score (nSPS) is 13.9. The number of rotatable bonds is 4. The molecule has 0 radical (unpaired) electrons. The minimum atomic E-state index is -0.195. The average molecular weight is 307 g/mol. The van der Waals surface area contributed by atoms with Gasteiger partial charge in [-0.05, 0) is 37.3 Å². The van der Waals surface area contributed by atoms with E-state index in [1.807, 2.05) is 43.3 Å². The molecular weight excluding hydrogens is 292 g/mol. The number of hydrogen-bond acceptors (Lipinski definition) is 3. The van der Waals surface area contributed by atoms with Crippen molar-refractivity contribution in [2.24, 2.45) is 5.73 Å². The first-order valence-electron chi connectivity index (χ1n) is 5.74. The number of nitrogens with zero attached hydrogens (tertiary/aromatic N) is 1. The molecule has 2 aromatic rings. The number of hydrogen-bond donors (Lipinski definition) is 1. The number of benzene rings is 1. The predicted octanol–water partition coefficient (Wildman–Crippen LogP) is 3.31. The second kappa shape index (κ2) is 5.98. The Bertz CT molecular complexity index is 485. The van der Waals surface area contributed by atoms with Crippen molar-refractivity contribution in [3.63, 3.8) is 0 Å². The number of halogens is 1. The van der Waals surface area contributed by atoms with E-state index in [1.165, 1.54) is 0 Å². The van der Waals surface area contributed by atoms with Crippen LogP contribution in [0.3, 0.4) is 0 Å². The third-order valence-electron chi connectivity index (χ3n) is 2.57. The first-order valence-corrected chi connectivity index (χ1v) is 6.54. The monoisotopic (exact) mass is 306 g/mol. The molecule has 0 saturated heterocycles. The molecular formula is C14H15BrN2O. The quantitative estimate of drug-likeness (QED) is 0.942. The Morgan fingerprint density at radius 1 is 1.22 bits per heavy atom. The van der Waals surface area contributed by atoms with Crippen LogP contribution < -0.4 is 10.5 Å². The summed E-state index contributed by atoms with van der Waals surface area (Å²) in [6.07, 6.45) is 3.33. The Balaban J connectivity index is 2.19. The van der Waals surface area contributed by atoms with Gasteiger partial charge in [-0.3, -0.25) is 4.98 Å². The Morgan fingerprint density at radius 3 is 2.50 bits per heavy atom. The lowest BCUT2D eigenvalue weighted by molar-refractivity contribution is 0.180. The van der Waals surface area contributed by atoms with E-state index in [-0.39, 0.29) is 12.1 Å². The zero-order valence-corrected chi connectivity index (χ0v) is 11.7. The molecule has 0 aliphatic carbocycles. The van der Waals surface area contributed by atoms with Gasteiger partial charge < -0.3 is 10.5 Å². The van der Waals surface area contributed by atoms with Gasteiger partial charge in [-0.15, -0.1) is 0 Å². The van der Waals surface area contributed by atoms with Gasteiger partial charge in [0.1, 0.15) is 11.9 Å². The predicted molar refractivity (Wildman–Crippen MR) is 75.4 cm³/mol. The Labute approximate surface area is 115 Å². The summed E-state index contributed by atoms with van der Waals surface area (Å²) in [4.78, 5) is 4.10. The van der Waals surface area contributed by atoms with Gasteiger partial charge in [0.25, 0.3) is 0 Å². The van der Waals surface area contributed by atoms with Gasteiger partial charge >= 0.3 is 0 Å². The number of ether oxygens (including phenoxy) is 1. The third-order valence-corrected chi connectivity index (χ3v) is 3.10. The molecule has 1 aromatic carbocycles. The molecule has 0 spiro atoms. The lowest BCUT2D eigenvalue weighted by Gasteiger charge is -2.22. The summed E-state index contributed by atoms with van der Waals surface area (Å²) in [6.45, 7) is 1.93. The van der Waals surface area contributed by atoms with Crippen molar-refractivity contribution in [3.8, 4) is 5.75 Å². The van der Waals surface area contributed by atoms with Gasteiger partial charge in [0.05, 0.1) is 0 Å². The maximum atomic E-state index is 5.98. The van der Waals surface area contributed by atoms with Crippen LogP contribution in [0.2, 0.25) is 0 Å². The highest BCUT2D eigenvalue weighted by atomic mass is 79.9. The van der Waals surface area contributed by atoms with E-state index in [1.54, 1.807) is 12.4 Å². The summed E-state index contributed by atoms with van der Waals surface area (Å²) >= 11 is 3.40. The maximum Gasteiger partial charge on any atom is 0.140 e. The molecule has 0 aliphatic heterocycles. The van der Waals surface area contributed by atoms with Gasteiger partial charge in [-0.2, -0.15) is 0 Å². The number of nitrogens with two attached hydrogens (primary N) is 1. The highest BCUT2D eigenvalue weighted by Gasteiger charge is 2.18. The molecule has 0 amide bonds. The van der Waals surface area contributed by atoms with Crippen LogP contribution >= 0.6 is 15.9 Å². The summed E-state index contributed by atoms with van der Waals surface area (Å²) in [5.74, 6) is 0.796. The van der Waals surface area contributed by atoms with Crippen LogP contribution in [0.4, 0.5) is 0 Å². The highest BCUT2D eigenvalue weighted by molar-refractivity contribution is 9.10. The molecule has 2 N–H and O–H groups in total.